The number of benzene rings is 2. The zero-order chi connectivity index (χ0) is 15.4. The van der Waals surface area contributed by atoms with Crippen LogP contribution < -0.4 is 4.74 Å². The summed E-state index contributed by atoms with van der Waals surface area (Å²) in [6, 6.07) is 10.2. The summed E-state index contributed by atoms with van der Waals surface area (Å²) in [5.41, 5.74) is 0.426. The molecule has 0 amide bonds. The van der Waals surface area contributed by atoms with Crippen LogP contribution in [0.15, 0.2) is 40.9 Å². The van der Waals surface area contributed by atoms with Crippen molar-refractivity contribution in [3.8, 4) is 11.8 Å². The molecule has 2 rings (SSSR count). The monoisotopic (exact) mass is 350 g/mol. The topological polar surface area (TPSA) is 76.2 Å². The van der Waals surface area contributed by atoms with Crippen LogP contribution in [0.5, 0.6) is 5.75 Å². The first-order valence-electron chi connectivity index (χ1n) is 5.77. The van der Waals surface area contributed by atoms with Gasteiger partial charge in [0.25, 0.3) is 5.69 Å². The second kappa shape index (κ2) is 6.33. The van der Waals surface area contributed by atoms with Crippen LogP contribution in [0, 0.1) is 27.3 Å². The Labute approximate surface area is 127 Å². The summed E-state index contributed by atoms with van der Waals surface area (Å²) >= 11 is 3.15. The SMILES string of the molecule is N#Cc1ccc(OCc2cccc([N+](=O)[O-])c2Br)cc1F. The van der Waals surface area contributed by atoms with E-state index in [9.17, 15) is 14.5 Å². The van der Waals surface area contributed by atoms with E-state index in [1.54, 1.807) is 18.2 Å². The second-order valence-electron chi connectivity index (χ2n) is 4.05. The third-order valence-corrected chi connectivity index (χ3v) is 3.63. The lowest BCUT2D eigenvalue weighted by Crippen LogP contribution is -1.99. The molecule has 2 aromatic rings. The molecule has 7 heteroatoms. The smallest absolute Gasteiger partial charge is 0.283 e. The minimum atomic E-state index is -0.673. The fourth-order valence-electron chi connectivity index (χ4n) is 1.66. The predicted molar refractivity (Wildman–Crippen MR) is 76.2 cm³/mol. The summed E-state index contributed by atoms with van der Waals surface area (Å²) in [6.07, 6.45) is 0. The average Bonchev–Trinajstić information content (AvgIpc) is 2.46. The third-order valence-electron chi connectivity index (χ3n) is 2.71. The van der Waals surface area contributed by atoms with Crippen molar-refractivity contribution in [3.05, 3.63) is 67.9 Å². The van der Waals surface area contributed by atoms with Gasteiger partial charge in [0.05, 0.1) is 10.5 Å². The van der Waals surface area contributed by atoms with Crippen LogP contribution in [0.3, 0.4) is 0 Å². The van der Waals surface area contributed by atoms with Gasteiger partial charge < -0.3 is 4.74 Å². The second-order valence-corrected chi connectivity index (χ2v) is 4.84. The summed E-state index contributed by atoms with van der Waals surface area (Å²) < 4.78 is 19.1. The Morgan fingerprint density at radius 2 is 2.14 bits per heavy atom. The maximum Gasteiger partial charge on any atom is 0.283 e. The quantitative estimate of drug-likeness (QED) is 0.617. The average molecular weight is 351 g/mol. The molecule has 0 fully saturated rings. The van der Waals surface area contributed by atoms with Gasteiger partial charge in [-0.3, -0.25) is 10.1 Å². The van der Waals surface area contributed by atoms with Gasteiger partial charge in [0.1, 0.15) is 28.7 Å². The fraction of sp³-hybridized carbons (Fsp3) is 0.0714. The van der Waals surface area contributed by atoms with Crippen molar-refractivity contribution in [2.45, 2.75) is 6.61 Å². The van der Waals surface area contributed by atoms with Crippen molar-refractivity contribution in [2.75, 3.05) is 0 Å². The van der Waals surface area contributed by atoms with Crippen molar-refractivity contribution in [1.82, 2.24) is 0 Å². The van der Waals surface area contributed by atoms with Crippen molar-refractivity contribution in [1.29, 1.82) is 5.26 Å². The molecule has 0 saturated carbocycles. The zero-order valence-corrected chi connectivity index (χ0v) is 12.1. The normalized spacial score (nSPS) is 9.95. The standard InChI is InChI=1S/C14H8BrFN2O3/c15-14-10(2-1-3-13(14)18(19)20)8-21-11-5-4-9(7-17)12(16)6-11/h1-6H,8H2. The van der Waals surface area contributed by atoms with E-state index in [1.165, 1.54) is 18.2 Å². The molecule has 0 radical (unpaired) electrons. The molecule has 0 atom stereocenters. The van der Waals surface area contributed by atoms with E-state index in [-0.39, 0.29) is 23.6 Å². The van der Waals surface area contributed by atoms with E-state index in [2.05, 4.69) is 15.9 Å². The van der Waals surface area contributed by atoms with Gasteiger partial charge in [-0.15, -0.1) is 0 Å². The summed E-state index contributed by atoms with van der Waals surface area (Å²) in [5.74, 6) is -0.432. The van der Waals surface area contributed by atoms with Crippen LogP contribution in [0.4, 0.5) is 10.1 Å². The van der Waals surface area contributed by atoms with Crippen LogP contribution in [-0.2, 0) is 6.61 Å². The lowest BCUT2D eigenvalue weighted by molar-refractivity contribution is -0.385. The number of halogens is 2. The van der Waals surface area contributed by atoms with Gasteiger partial charge in [-0.25, -0.2) is 4.39 Å². The molecule has 0 heterocycles. The molecule has 21 heavy (non-hydrogen) atoms. The molecule has 0 aromatic heterocycles. The van der Waals surface area contributed by atoms with Crippen molar-refractivity contribution in [3.63, 3.8) is 0 Å². The van der Waals surface area contributed by atoms with E-state index in [4.69, 9.17) is 10.00 Å². The molecule has 0 aliphatic carbocycles. The summed E-state index contributed by atoms with van der Waals surface area (Å²) in [4.78, 5) is 10.3. The first kappa shape index (κ1) is 14.9. The maximum atomic E-state index is 13.4. The predicted octanol–water partition coefficient (Wildman–Crippen LogP) is 3.95. The Kier molecular flexibility index (Phi) is 4.50. The van der Waals surface area contributed by atoms with E-state index in [1.807, 2.05) is 0 Å². The van der Waals surface area contributed by atoms with Crippen molar-refractivity contribution in [2.24, 2.45) is 0 Å². The molecule has 106 valence electrons. The van der Waals surface area contributed by atoms with E-state index >= 15 is 0 Å². The molecule has 0 N–H and O–H groups in total. The number of nitro benzene ring substituents is 1. The fourth-order valence-corrected chi connectivity index (χ4v) is 2.18. The molecule has 0 bridgehead atoms. The highest BCUT2D eigenvalue weighted by atomic mass is 79.9. The molecular weight excluding hydrogens is 343 g/mol. The molecular formula is C14H8BrFN2O3. The van der Waals surface area contributed by atoms with Gasteiger partial charge in [0, 0.05) is 17.7 Å². The summed E-state index contributed by atoms with van der Waals surface area (Å²) in [5, 5.41) is 19.5. The number of nitrogens with zero attached hydrogens (tertiary/aromatic N) is 2. The first-order valence-corrected chi connectivity index (χ1v) is 6.56. The van der Waals surface area contributed by atoms with E-state index < -0.39 is 10.7 Å². The highest BCUT2D eigenvalue weighted by Crippen LogP contribution is 2.29. The molecule has 0 spiro atoms. The molecule has 0 saturated heterocycles. The Balaban J connectivity index is 2.17. The molecule has 5 nitrogen and oxygen atoms in total. The Hall–Kier alpha value is -2.46. The van der Waals surface area contributed by atoms with Crippen LogP contribution >= 0.6 is 15.9 Å². The molecule has 0 aliphatic heterocycles. The maximum absolute atomic E-state index is 13.4. The molecule has 0 aliphatic rings. The lowest BCUT2D eigenvalue weighted by Gasteiger charge is -2.08. The molecule has 2 aromatic carbocycles. The zero-order valence-electron chi connectivity index (χ0n) is 10.5. The third kappa shape index (κ3) is 3.35. The van der Waals surface area contributed by atoms with E-state index in [0.29, 0.717) is 10.0 Å². The Morgan fingerprint density at radius 3 is 2.76 bits per heavy atom. The van der Waals surface area contributed by atoms with Crippen LogP contribution in [0.25, 0.3) is 0 Å². The number of nitriles is 1. The highest BCUT2D eigenvalue weighted by Gasteiger charge is 2.15. The first-order chi connectivity index (χ1) is 10.0. The van der Waals surface area contributed by atoms with Gasteiger partial charge in [0.2, 0.25) is 0 Å². The number of hydrogen-bond donors (Lipinski definition) is 0. The van der Waals surface area contributed by atoms with Gasteiger partial charge in [-0.2, -0.15) is 5.26 Å². The minimum Gasteiger partial charge on any atom is -0.489 e. The summed E-state index contributed by atoms with van der Waals surface area (Å²) in [7, 11) is 0. The Bertz CT molecular complexity index is 743. The van der Waals surface area contributed by atoms with Crippen molar-refractivity contribution < 1.29 is 14.1 Å². The van der Waals surface area contributed by atoms with E-state index in [0.717, 1.165) is 6.07 Å². The van der Waals surface area contributed by atoms with Crippen LogP contribution in [0.1, 0.15) is 11.1 Å². The van der Waals surface area contributed by atoms with Crippen molar-refractivity contribution >= 4 is 21.6 Å². The van der Waals surface area contributed by atoms with Gasteiger partial charge in [0.15, 0.2) is 0 Å². The van der Waals surface area contributed by atoms with Crippen LogP contribution in [0.2, 0.25) is 0 Å². The lowest BCUT2D eigenvalue weighted by atomic mass is 10.2. The van der Waals surface area contributed by atoms with Crippen LogP contribution in [-0.4, -0.2) is 4.92 Å². The largest absolute Gasteiger partial charge is 0.489 e. The van der Waals surface area contributed by atoms with Gasteiger partial charge >= 0.3 is 0 Å². The summed E-state index contributed by atoms with van der Waals surface area (Å²) in [6.45, 7) is 0.0353. The Morgan fingerprint density at radius 1 is 1.38 bits per heavy atom. The number of hydrogen-bond acceptors (Lipinski definition) is 4. The van der Waals surface area contributed by atoms with Gasteiger partial charge in [-0.05, 0) is 28.1 Å². The highest BCUT2D eigenvalue weighted by molar-refractivity contribution is 9.10. The number of nitro groups is 1. The number of ether oxygens (including phenoxy) is 1. The minimum absolute atomic E-state index is 0.0353. The number of rotatable bonds is 4. The molecule has 0 unspecified atom stereocenters. The van der Waals surface area contributed by atoms with Gasteiger partial charge in [-0.1, -0.05) is 12.1 Å².